The standard InChI is InChI=1S/C17H14BrN3OS/c1-22-16-8-7-14(18)9-13(16)10-19-21-17-20-15(11-23-17)12-5-3-2-4-6-12/h2-11H,1H3,(H,20,21)/b19-10-. The number of hydrogen-bond donors (Lipinski definition) is 1. The summed E-state index contributed by atoms with van der Waals surface area (Å²) in [5, 5.41) is 6.99. The Bertz CT molecular complexity index is 818. The fourth-order valence-corrected chi connectivity index (χ4v) is 3.08. The van der Waals surface area contributed by atoms with Crippen LogP contribution < -0.4 is 10.2 Å². The number of nitrogens with one attached hydrogen (secondary N) is 1. The van der Waals surface area contributed by atoms with E-state index < -0.39 is 0 Å². The molecule has 0 bridgehead atoms. The minimum atomic E-state index is 0.745. The first-order valence-electron chi connectivity index (χ1n) is 6.90. The lowest BCUT2D eigenvalue weighted by molar-refractivity contribution is 0.414. The van der Waals surface area contributed by atoms with Gasteiger partial charge in [-0.2, -0.15) is 5.10 Å². The molecule has 116 valence electrons. The molecule has 0 aliphatic carbocycles. The second-order valence-electron chi connectivity index (χ2n) is 4.66. The van der Waals surface area contributed by atoms with Gasteiger partial charge in [0.2, 0.25) is 5.13 Å². The number of aromatic nitrogens is 1. The number of halogens is 1. The smallest absolute Gasteiger partial charge is 0.203 e. The molecule has 0 fully saturated rings. The summed E-state index contributed by atoms with van der Waals surface area (Å²) in [4.78, 5) is 4.52. The Labute approximate surface area is 147 Å². The van der Waals surface area contributed by atoms with E-state index in [9.17, 15) is 0 Å². The van der Waals surface area contributed by atoms with Gasteiger partial charge in [0, 0.05) is 21.0 Å². The summed E-state index contributed by atoms with van der Waals surface area (Å²) >= 11 is 4.96. The van der Waals surface area contributed by atoms with Crippen molar-refractivity contribution in [3.05, 3.63) is 63.9 Å². The molecule has 4 nitrogen and oxygen atoms in total. The van der Waals surface area contributed by atoms with Crippen molar-refractivity contribution in [2.75, 3.05) is 12.5 Å². The van der Waals surface area contributed by atoms with Crippen molar-refractivity contribution >= 4 is 38.6 Å². The maximum absolute atomic E-state index is 5.31. The van der Waals surface area contributed by atoms with Crippen LogP contribution in [0.1, 0.15) is 5.56 Å². The van der Waals surface area contributed by atoms with Crippen molar-refractivity contribution in [2.45, 2.75) is 0 Å². The van der Waals surface area contributed by atoms with E-state index in [1.807, 2.05) is 53.9 Å². The Balaban J connectivity index is 1.72. The number of nitrogens with zero attached hydrogens (tertiary/aromatic N) is 2. The first kappa shape index (κ1) is 15.7. The van der Waals surface area contributed by atoms with E-state index in [1.165, 1.54) is 11.3 Å². The third kappa shape index (κ3) is 3.97. The Hall–Kier alpha value is -2.18. The van der Waals surface area contributed by atoms with Crippen molar-refractivity contribution in [1.82, 2.24) is 4.98 Å². The molecule has 0 atom stereocenters. The van der Waals surface area contributed by atoms with Crippen LogP contribution in [0.2, 0.25) is 0 Å². The fourth-order valence-electron chi connectivity index (χ4n) is 2.03. The summed E-state index contributed by atoms with van der Waals surface area (Å²) in [5.74, 6) is 0.767. The van der Waals surface area contributed by atoms with E-state index in [-0.39, 0.29) is 0 Å². The second kappa shape index (κ2) is 7.39. The lowest BCUT2D eigenvalue weighted by Gasteiger charge is -2.04. The van der Waals surface area contributed by atoms with Gasteiger partial charge in [-0.1, -0.05) is 46.3 Å². The maximum atomic E-state index is 5.31. The molecule has 0 saturated carbocycles. The fraction of sp³-hybridized carbons (Fsp3) is 0.0588. The highest BCUT2D eigenvalue weighted by Gasteiger charge is 2.04. The molecule has 3 aromatic rings. The van der Waals surface area contributed by atoms with Crippen LogP contribution in [-0.2, 0) is 0 Å². The van der Waals surface area contributed by atoms with Crippen LogP contribution in [0.5, 0.6) is 5.75 Å². The molecule has 6 heteroatoms. The molecule has 23 heavy (non-hydrogen) atoms. The van der Waals surface area contributed by atoms with Gasteiger partial charge in [0.05, 0.1) is 19.0 Å². The van der Waals surface area contributed by atoms with Crippen molar-refractivity contribution in [3.63, 3.8) is 0 Å². The summed E-state index contributed by atoms with van der Waals surface area (Å²) in [6.07, 6.45) is 1.72. The monoisotopic (exact) mass is 387 g/mol. The molecular formula is C17H14BrN3OS. The zero-order valence-electron chi connectivity index (χ0n) is 12.4. The zero-order chi connectivity index (χ0) is 16.1. The lowest BCUT2D eigenvalue weighted by atomic mass is 10.2. The number of hydrogen-bond acceptors (Lipinski definition) is 5. The number of methoxy groups -OCH3 is 1. The van der Waals surface area contributed by atoms with E-state index in [4.69, 9.17) is 4.74 Å². The number of hydrazone groups is 1. The highest BCUT2D eigenvalue weighted by molar-refractivity contribution is 9.10. The Morgan fingerprint density at radius 3 is 2.83 bits per heavy atom. The van der Waals surface area contributed by atoms with Gasteiger partial charge in [0.25, 0.3) is 0 Å². The van der Waals surface area contributed by atoms with Gasteiger partial charge in [0.1, 0.15) is 5.75 Å². The highest BCUT2D eigenvalue weighted by atomic mass is 79.9. The van der Waals surface area contributed by atoms with Crippen molar-refractivity contribution in [2.24, 2.45) is 5.10 Å². The van der Waals surface area contributed by atoms with Crippen molar-refractivity contribution in [3.8, 4) is 17.0 Å². The number of benzene rings is 2. The number of thiazole rings is 1. The normalized spacial score (nSPS) is 10.9. The van der Waals surface area contributed by atoms with Crippen LogP contribution >= 0.6 is 27.3 Å². The van der Waals surface area contributed by atoms with Gasteiger partial charge >= 0.3 is 0 Å². The molecule has 3 rings (SSSR count). The summed E-state index contributed by atoms with van der Waals surface area (Å²) < 4.78 is 6.28. The van der Waals surface area contributed by atoms with Gasteiger partial charge < -0.3 is 4.74 Å². The number of anilines is 1. The predicted molar refractivity (Wildman–Crippen MR) is 99.5 cm³/mol. The Morgan fingerprint density at radius 1 is 1.22 bits per heavy atom. The van der Waals surface area contributed by atoms with Gasteiger partial charge in [-0.3, -0.25) is 5.43 Å². The molecule has 1 heterocycles. The van der Waals surface area contributed by atoms with E-state index >= 15 is 0 Å². The summed E-state index contributed by atoms with van der Waals surface area (Å²) in [6.45, 7) is 0. The van der Waals surface area contributed by atoms with Gasteiger partial charge in [-0.05, 0) is 18.2 Å². The molecule has 0 aliphatic heterocycles. The first-order chi connectivity index (χ1) is 11.3. The molecule has 2 aromatic carbocycles. The third-order valence-corrected chi connectivity index (χ3v) is 4.37. The van der Waals surface area contributed by atoms with Crippen LogP contribution in [0.25, 0.3) is 11.3 Å². The third-order valence-electron chi connectivity index (χ3n) is 3.13. The first-order valence-corrected chi connectivity index (χ1v) is 8.57. The minimum absolute atomic E-state index is 0.745. The summed E-state index contributed by atoms with van der Waals surface area (Å²) in [7, 11) is 1.64. The van der Waals surface area contributed by atoms with Crippen LogP contribution in [0.15, 0.2) is 63.5 Å². The molecule has 0 unspecified atom stereocenters. The average molecular weight is 388 g/mol. The van der Waals surface area contributed by atoms with Gasteiger partial charge in [-0.25, -0.2) is 4.98 Å². The van der Waals surface area contributed by atoms with Crippen molar-refractivity contribution < 1.29 is 4.74 Å². The molecule has 0 radical (unpaired) electrons. The second-order valence-corrected chi connectivity index (χ2v) is 6.43. The Kier molecular flexibility index (Phi) is 5.05. The SMILES string of the molecule is COc1ccc(Br)cc1/C=N\Nc1nc(-c2ccccc2)cs1. The molecule has 1 aromatic heterocycles. The van der Waals surface area contributed by atoms with E-state index in [2.05, 4.69) is 31.4 Å². The topological polar surface area (TPSA) is 46.5 Å². The van der Waals surface area contributed by atoms with Gasteiger partial charge in [-0.15, -0.1) is 11.3 Å². The number of ether oxygens (including phenoxy) is 1. The maximum Gasteiger partial charge on any atom is 0.203 e. The van der Waals surface area contributed by atoms with E-state index in [0.29, 0.717) is 0 Å². The number of rotatable bonds is 5. The molecule has 0 aliphatic rings. The van der Waals surface area contributed by atoms with Crippen LogP contribution in [0, 0.1) is 0 Å². The van der Waals surface area contributed by atoms with E-state index in [0.717, 1.165) is 32.2 Å². The van der Waals surface area contributed by atoms with Crippen LogP contribution in [0.3, 0.4) is 0 Å². The molecule has 0 spiro atoms. The van der Waals surface area contributed by atoms with Crippen LogP contribution in [-0.4, -0.2) is 18.3 Å². The molecule has 0 amide bonds. The van der Waals surface area contributed by atoms with Crippen LogP contribution in [0.4, 0.5) is 5.13 Å². The molecule has 1 N–H and O–H groups in total. The molecule has 0 saturated heterocycles. The Morgan fingerprint density at radius 2 is 2.04 bits per heavy atom. The lowest BCUT2D eigenvalue weighted by Crippen LogP contribution is -1.94. The molecular weight excluding hydrogens is 374 g/mol. The average Bonchev–Trinajstić information content (AvgIpc) is 3.05. The van der Waals surface area contributed by atoms with E-state index in [1.54, 1.807) is 13.3 Å². The quantitative estimate of drug-likeness (QED) is 0.493. The van der Waals surface area contributed by atoms with Crippen molar-refractivity contribution in [1.29, 1.82) is 0 Å². The summed E-state index contributed by atoms with van der Waals surface area (Å²) in [5.41, 5.74) is 5.87. The largest absolute Gasteiger partial charge is 0.496 e. The zero-order valence-corrected chi connectivity index (χ0v) is 14.8. The highest BCUT2D eigenvalue weighted by Crippen LogP contribution is 2.25. The minimum Gasteiger partial charge on any atom is -0.496 e. The predicted octanol–water partition coefficient (Wildman–Crippen LogP) is 5.03. The summed E-state index contributed by atoms with van der Waals surface area (Å²) in [6, 6.07) is 15.8. The van der Waals surface area contributed by atoms with Gasteiger partial charge in [0.15, 0.2) is 0 Å².